The van der Waals surface area contributed by atoms with E-state index >= 15 is 0 Å². The Balaban J connectivity index is 2.41. The summed E-state index contributed by atoms with van der Waals surface area (Å²) in [6.45, 7) is 5.89. The van der Waals surface area contributed by atoms with Gasteiger partial charge in [0.1, 0.15) is 0 Å². The standard InChI is InChI=1S/C13H22N4O2/c1-3-6-19-7-4-5-15-13(18)11-9-16-10(2)8-12(11)17-14/h8-9H,3-7,14H2,1-2H3,(H,15,18)(H,16,17). The SMILES string of the molecule is CCCOCCCNC(=O)c1cnc(C)cc1NN. The number of nitrogens with zero attached hydrogens (tertiary/aromatic N) is 1. The molecule has 0 aliphatic carbocycles. The number of aromatic nitrogens is 1. The largest absolute Gasteiger partial charge is 0.381 e. The van der Waals surface area contributed by atoms with Crippen LogP contribution in [0.4, 0.5) is 5.69 Å². The molecule has 0 aromatic carbocycles. The maximum absolute atomic E-state index is 11.9. The van der Waals surface area contributed by atoms with E-state index < -0.39 is 0 Å². The van der Waals surface area contributed by atoms with Crippen molar-refractivity contribution in [2.45, 2.75) is 26.7 Å². The molecule has 0 aliphatic rings. The molecule has 0 radical (unpaired) electrons. The van der Waals surface area contributed by atoms with Gasteiger partial charge in [0.05, 0.1) is 11.3 Å². The molecule has 0 aliphatic heterocycles. The number of anilines is 1. The fourth-order valence-electron chi connectivity index (χ4n) is 1.58. The zero-order chi connectivity index (χ0) is 14.1. The molecular weight excluding hydrogens is 244 g/mol. The Bertz CT molecular complexity index is 410. The summed E-state index contributed by atoms with van der Waals surface area (Å²) in [6.07, 6.45) is 3.32. The first kappa shape index (κ1) is 15.4. The number of aryl methyl sites for hydroxylation is 1. The first-order chi connectivity index (χ1) is 9.19. The van der Waals surface area contributed by atoms with Crippen molar-refractivity contribution >= 4 is 11.6 Å². The predicted octanol–water partition coefficient (Wildman–Crippen LogP) is 1.22. The Labute approximate surface area is 113 Å². The number of rotatable bonds is 8. The third kappa shape index (κ3) is 5.23. The number of hydrogen-bond donors (Lipinski definition) is 3. The molecule has 0 bridgehead atoms. The van der Waals surface area contributed by atoms with Gasteiger partial charge < -0.3 is 15.5 Å². The van der Waals surface area contributed by atoms with Gasteiger partial charge >= 0.3 is 0 Å². The van der Waals surface area contributed by atoms with Gasteiger partial charge in [-0.3, -0.25) is 15.6 Å². The lowest BCUT2D eigenvalue weighted by Gasteiger charge is -2.10. The molecule has 106 valence electrons. The van der Waals surface area contributed by atoms with E-state index in [1.165, 1.54) is 6.20 Å². The number of hydrogen-bond acceptors (Lipinski definition) is 5. The second kappa shape index (κ2) is 8.44. The maximum atomic E-state index is 11.9. The molecule has 1 aromatic heterocycles. The Morgan fingerprint density at radius 3 is 2.95 bits per heavy atom. The van der Waals surface area contributed by atoms with Gasteiger partial charge in [0.25, 0.3) is 5.91 Å². The summed E-state index contributed by atoms with van der Waals surface area (Å²) in [5.41, 5.74) is 4.34. The van der Waals surface area contributed by atoms with Crippen LogP contribution in [0.1, 0.15) is 35.8 Å². The Morgan fingerprint density at radius 2 is 2.26 bits per heavy atom. The molecule has 6 nitrogen and oxygen atoms in total. The number of nitrogens with one attached hydrogen (secondary N) is 2. The number of nitrogen functional groups attached to an aromatic ring is 1. The molecule has 6 heteroatoms. The molecule has 19 heavy (non-hydrogen) atoms. The maximum Gasteiger partial charge on any atom is 0.255 e. The van der Waals surface area contributed by atoms with Crippen molar-refractivity contribution in [2.75, 3.05) is 25.2 Å². The summed E-state index contributed by atoms with van der Waals surface area (Å²) >= 11 is 0. The molecule has 0 unspecified atom stereocenters. The number of pyridine rings is 1. The van der Waals surface area contributed by atoms with Crippen LogP contribution < -0.4 is 16.6 Å². The predicted molar refractivity (Wildman–Crippen MR) is 74.8 cm³/mol. The van der Waals surface area contributed by atoms with E-state index in [0.717, 1.165) is 25.1 Å². The average molecular weight is 266 g/mol. The van der Waals surface area contributed by atoms with Crippen molar-refractivity contribution < 1.29 is 9.53 Å². The van der Waals surface area contributed by atoms with E-state index in [4.69, 9.17) is 10.6 Å². The second-order valence-electron chi connectivity index (χ2n) is 4.24. The highest BCUT2D eigenvalue weighted by Gasteiger charge is 2.11. The minimum absolute atomic E-state index is 0.184. The number of ether oxygens (including phenoxy) is 1. The van der Waals surface area contributed by atoms with Crippen LogP contribution in [0.5, 0.6) is 0 Å². The van der Waals surface area contributed by atoms with E-state index in [-0.39, 0.29) is 5.91 Å². The first-order valence-electron chi connectivity index (χ1n) is 6.48. The Hall–Kier alpha value is -1.66. The lowest BCUT2D eigenvalue weighted by Crippen LogP contribution is -2.27. The second-order valence-corrected chi connectivity index (χ2v) is 4.24. The van der Waals surface area contributed by atoms with Gasteiger partial charge in [-0.1, -0.05) is 6.92 Å². The molecule has 0 fully saturated rings. The zero-order valence-electron chi connectivity index (χ0n) is 11.5. The monoisotopic (exact) mass is 266 g/mol. The van der Waals surface area contributed by atoms with Gasteiger partial charge in [0, 0.05) is 31.6 Å². The molecule has 1 aromatic rings. The van der Waals surface area contributed by atoms with Crippen LogP contribution in [-0.2, 0) is 4.74 Å². The third-order valence-electron chi connectivity index (χ3n) is 2.54. The summed E-state index contributed by atoms with van der Waals surface area (Å²) in [5, 5.41) is 2.82. The smallest absolute Gasteiger partial charge is 0.255 e. The Morgan fingerprint density at radius 1 is 1.47 bits per heavy atom. The fourth-order valence-corrected chi connectivity index (χ4v) is 1.58. The normalized spacial score (nSPS) is 10.3. The van der Waals surface area contributed by atoms with Gasteiger partial charge in [-0.15, -0.1) is 0 Å². The van der Waals surface area contributed by atoms with Crippen LogP contribution >= 0.6 is 0 Å². The first-order valence-corrected chi connectivity index (χ1v) is 6.48. The molecule has 4 N–H and O–H groups in total. The average Bonchev–Trinajstić information content (AvgIpc) is 2.42. The number of carbonyl (C=O) groups is 1. The molecule has 1 rings (SSSR count). The zero-order valence-corrected chi connectivity index (χ0v) is 11.5. The molecule has 0 atom stereocenters. The molecular formula is C13H22N4O2. The van der Waals surface area contributed by atoms with Gasteiger partial charge in [0.2, 0.25) is 0 Å². The van der Waals surface area contributed by atoms with Crippen LogP contribution in [0.2, 0.25) is 0 Å². The van der Waals surface area contributed by atoms with Crippen LogP contribution in [0.3, 0.4) is 0 Å². The van der Waals surface area contributed by atoms with Crippen molar-refractivity contribution in [1.29, 1.82) is 0 Å². The molecule has 0 saturated carbocycles. The van der Waals surface area contributed by atoms with Gasteiger partial charge in [-0.25, -0.2) is 0 Å². The van der Waals surface area contributed by atoms with Crippen molar-refractivity contribution in [1.82, 2.24) is 10.3 Å². The van der Waals surface area contributed by atoms with Crippen molar-refractivity contribution in [3.63, 3.8) is 0 Å². The number of hydrazine groups is 1. The van der Waals surface area contributed by atoms with Crippen LogP contribution in [0.25, 0.3) is 0 Å². The summed E-state index contributed by atoms with van der Waals surface area (Å²) in [4.78, 5) is 16.0. The summed E-state index contributed by atoms with van der Waals surface area (Å²) in [5.74, 6) is 5.20. The van der Waals surface area contributed by atoms with E-state index in [1.807, 2.05) is 6.92 Å². The van der Waals surface area contributed by atoms with E-state index in [0.29, 0.717) is 24.4 Å². The van der Waals surface area contributed by atoms with Crippen LogP contribution in [0.15, 0.2) is 12.3 Å². The highest BCUT2D eigenvalue weighted by molar-refractivity contribution is 5.99. The quantitative estimate of drug-likeness (QED) is 0.374. The van der Waals surface area contributed by atoms with E-state index in [9.17, 15) is 4.79 Å². The highest BCUT2D eigenvalue weighted by atomic mass is 16.5. The number of nitrogens with two attached hydrogens (primary N) is 1. The van der Waals surface area contributed by atoms with E-state index in [1.54, 1.807) is 6.07 Å². The fraction of sp³-hybridized carbons (Fsp3) is 0.538. The summed E-state index contributed by atoms with van der Waals surface area (Å²) < 4.78 is 5.33. The van der Waals surface area contributed by atoms with Crippen molar-refractivity contribution in [3.8, 4) is 0 Å². The third-order valence-corrected chi connectivity index (χ3v) is 2.54. The molecule has 0 spiro atoms. The minimum Gasteiger partial charge on any atom is -0.381 e. The Kier molecular flexibility index (Phi) is 6.84. The van der Waals surface area contributed by atoms with Gasteiger partial charge in [0.15, 0.2) is 0 Å². The highest BCUT2D eigenvalue weighted by Crippen LogP contribution is 2.13. The lowest BCUT2D eigenvalue weighted by atomic mass is 10.2. The van der Waals surface area contributed by atoms with Crippen molar-refractivity contribution in [3.05, 3.63) is 23.5 Å². The number of carbonyl (C=O) groups excluding carboxylic acids is 1. The van der Waals surface area contributed by atoms with Crippen LogP contribution in [-0.4, -0.2) is 30.6 Å². The van der Waals surface area contributed by atoms with Gasteiger partial charge in [-0.05, 0) is 25.8 Å². The van der Waals surface area contributed by atoms with Crippen LogP contribution in [0, 0.1) is 6.92 Å². The molecule has 0 saturated heterocycles. The summed E-state index contributed by atoms with van der Waals surface area (Å²) in [6, 6.07) is 1.74. The lowest BCUT2D eigenvalue weighted by molar-refractivity contribution is 0.0942. The molecule has 1 heterocycles. The number of amides is 1. The van der Waals surface area contributed by atoms with E-state index in [2.05, 4.69) is 22.7 Å². The topological polar surface area (TPSA) is 89.3 Å². The summed E-state index contributed by atoms with van der Waals surface area (Å²) in [7, 11) is 0. The molecule has 1 amide bonds. The van der Waals surface area contributed by atoms with Crippen molar-refractivity contribution in [2.24, 2.45) is 5.84 Å². The van der Waals surface area contributed by atoms with Gasteiger partial charge in [-0.2, -0.15) is 0 Å². The minimum atomic E-state index is -0.184.